The van der Waals surface area contributed by atoms with Crippen molar-refractivity contribution >= 4 is 39.1 Å². The molecular weight excluding hydrogens is 510 g/mol. The fourth-order valence-electron chi connectivity index (χ4n) is 4.01. The van der Waals surface area contributed by atoms with Crippen LogP contribution >= 0.6 is 11.6 Å². The molecule has 37 heavy (non-hydrogen) atoms. The largest absolute Gasteiger partial charge is 0.355 e. The van der Waals surface area contributed by atoms with E-state index < -0.39 is 28.5 Å². The van der Waals surface area contributed by atoms with Gasteiger partial charge in [0.15, 0.2) is 0 Å². The van der Waals surface area contributed by atoms with Gasteiger partial charge in [0.05, 0.1) is 10.6 Å². The molecule has 0 aliphatic heterocycles. The monoisotopic (exact) mass is 541 g/mol. The molecule has 3 rings (SSSR count). The van der Waals surface area contributed by atoms with Crippen molar-refractivity contribution in [3.63, 3.8) is 0 Å². The number of hydrogen-bond donors (Lipinski definition) is 1. The summed E-state index contributed by atoms with van der Waals surface area (Å²) >= 11 is 6.02. The van der Waals surface area contributed by atoms with Crippen molar-refractivity contribution in [2.75, 3.05) is 17.4 Å². The molecule has 0 fully saturated rings. The summed E-state index contributed by atoms with van der Waals surface area (Å²) in [5.41, 5.74) is 2.85. The first-order chi connectivity index (χ1) is 17.5. The first-order valence-corrected chi connectivity index (χ1v) is 13.8. The van der Waals surface area contributed by atoms with Gasteiger partial charge in [-0.3, -0.25) is 13.9 Å². The highest BCUT2D eigenvalue weighted by Gasteiger charge is 2.33. The van der Waals surface area contributed by atoms with E-state index in [1.54, 1.807) is 62.4 Å². The number of nitrogens with one attached hydrogen (secondary N) is 1. The lowest BCUT2D eigenvalue weighted by atomic mass is 10.1. The molecule has 1 atom stereocenters. The Morgan fingerprint density at radius 1 is 0.973 bits per heavy atom. The molecule has 0 heterocycles. The van der Waals surface area contributed by atoms with E-state index in [1.807, 2.05) is 26.0 Å². The minimum absolute atomic E-state index is 0.0730. The van der Waals surface area contributed by atoms with Gasteiger partial charge in [0, 0.05) is 18.1 Å². The highest BCUT2D eigenvalue weighted by Crippen LogP contribution is 2.28. The van der Waals surface area contributed by atoms with Crippen molar-refractivity contribution in [1.82, 2.24) is 10.2 Å². The fourth-order valence-corrected chi connectivity index (χ4v) is 5.64. The topological polar surface area (TPSA) is 86.8 Å². The van der Waals surface area contributed by atoms with Crippen molar-refractivity contribution in [1.29, 1.82) is 0 Å². The van der Waals surface area contributed by atoms with E-state index in [2.05, 4.69) is 5.32 Å². The molecule has 0 aliphatic carbocycles. The number of carbonyl (C=O) groups is 2. The van der Waals surface area contributed by atoms with Crippen LogP contribution < -0.4 is 9.62 Å². The van der Waals surface area contributed by atoms with E-state index in [1.165, 1.54) is 17.0 Å². The van der Waals surface area contributed by atoms with Crippen LogP contribution in [0.15, 0.2) is 77.7 Å². The van der Waals surface area contributed by atoms with Gasteiger partial charge in [0.1, 0.15) is 12.6 Å². The third-order valence-electron chi connectivity index (χ3n) is 6.02. The first kappa shape index (κ1) is 28.2. The number of rotatable bonds is 10. The van der Waals surface area contributed by atoms with E-state index in [4.69, 9.17) is 11.6 Å². The third kappa shape index (κ3) is 6.90. The Kier molecular flexibility index (Phi) is 9.34. The summed E-state index contributed by atoms with van der Waals surface area (Å²) in [5.74, 6) is -0.831. The molecule has 0 radical (unpaired) electrons. The predicted octanol–water partition coefficient (Wildman–Crippen LogP) is 4.71. The molecule has 1 N–H and O–H groups in total. The van der Waals surface area contributed by atoms with E-state index in [9.17, 15) is 18.0 Å². The summed E-state index contributed by atoms with van der Waals surface area (Å²) in [4.78, 5) is 28.0. The number of likely N-dealkylation sites (N-methyl/N-ethyl adjacent to an activating group) is 1. The van der Waals surface area contributed by atoms with Gasteiger partial charge in [0.25, 0.3) is 10.0 Å². The number of sulfonamides is 1. The lowest BCUT2D eigenvalue weighted by molar-refractivity contribution is -0.139. The van der Waals surface area contributed by atoms with Gasteiger partial charge in [-0.1, -0.05) is 59.6 Å². The third-order valence-corrected chi connectivity index (χ3v) is 8.04. The maximum absolute atomic E-state index is 13.8. The molecule has 0 saturated heterocycles. The second kappa shape index (κ2) is 12.3. The van der Waals surface area contributed by atoms with Gasteiger partial charge in [-0.05, 0) is 69.2 Å². The summed E-state index contributed by atoms with van der Waals surface area (Å²) in [7, 11) is -4.08. The summed E-state index contributed by atoms with van der Waals surface area (Å²) in [6, 6.07) is 19.5. The molecule has 2 amide bonds. The Hall–Kier alpha value is -3.36. The SMILES string of the molecule is CCNC(=O)[C@@H](C)N(Cc1ccc(Cl)cc1)C(=O)CN(c1ccc(C)cc1C)S(=O)(=O)c1ccccc1. The summed E-state index contributed by atoms with van der Waals surface area (Å²) < 4.78 is 28.7. The van der Waals surface area contributed by atoms with Crippen LogP contribution in [0.3, 0.4) is 0 Å². The average molecular weight is 542 g/mol. The highest BCUT2D eigenvalue weighted by molar-refractivity contribution is 7.92. The lowest BCUT2D eigenvalue weighted by Gasteiger charge is -2.32. The van der Waals surface area contributed by atoms with Gasteiger partial charge in [-0.15, -0.1) is 0 Å². The second-order valence-corrected chi connectivity index (χ2v) is 11.1. The molecule has 3 aromatic carbocycles. The molecule has 0 spiro atoms. The Labute approximate surface area is 224 Å². The molecule has 196 valence electrons. The van der Waals surface area contributed by atoms with Crippen LogP contribution in [0, 0.1) is 13.8 Å². The highest BCUT2D eigenvalue weighted by atomic mass is 35.5. The van der Waals surface area contributed by atoms with Crippen LogP contribution in [-0.4, -0.2) is 44.3 Å². The number of halogens is 1. The average Bonchev–Trinajstić information content (AvgIpc) is 2.87. The Morgan fingerprint density at radius 3 is 2.22 bits per heavy atom. The molecule has 0 unspecified atom stereocenters. The first-order valence-electron chi connectivity index (χ1n) is 12.0. The number of nitrogens with zero attached hydrogens (tertiary/aromatic N) is 2. The number of amides is 2. The van der Waals surface area contributed by atoms with E-state index in [0.717, 1.165) is 15.4 Å². The Balaban J connectivity index is 2.04. The number of benzene rings is 3. The molecular formula is C28H32ClN3O4S. The van der Waals surface area contributed by atoms with Gasteiger partial charge in [-0.25, -0.2) is 8.42 Å². The Bertz CT molecular complexity index is 1350. The van der Waals surface area contributed by atoms with Crippen LogP contribution in [-0.2, 0) is 26.2 Å². The van der Waals surface area contributed by atoms with E-state index in [0.29, 0.717) is 22.8 Å². The zero-order valence-corrected chi connectivity index (χ0v) is 23.0. The number of aryl methyl sites for hydroxylation is 2. The van der Waals surface area contributed by atoms with Crippen molar-refractivity contribution in [3.8, 4) is 0 Å². The fraction of sp³-hybridized carbons (Fsp3) is 0.286. The van der Waals surface area contributed by atoms with Gasteiger partial charge < -0.3 is 10.2 Å². The number of hydrogen-bond acceptors (Lipinski definition) is 4. The maximum atomic E-state index is 13.8. The molecule has 3 aromatic rings. The molecule has 9 heteroatoms. The summed E-state index contributed by atoms with van der Waals surface area (Å²) in [6.45, 7) is 7.20. The maximum Gasteiger partial charge on any atom is 0.264 e. The van der Waals surface area contributed by atoms with Crippen LogP contribution in [0.2, 0.25) is 5.02 Å². The molecule has 0 aliphatic rings. The Morgan fingerprint density at radius 2 is 1.62 bits per heavy atom. The van der Waals surface area contributed by atoms with Gasteiger partial charge >= 0.3 is 0 Å². The molecule has 0 saturated carbocycles. The van der Waals surface area contributed by atoms with Crippen LogP contribution in [0.1, 0.15) is 30.5 Å². The normalized spacial score (nSPS) is 12.0. The van der Waals surface area contributed by atoms with Crippen LogP contribution in [0.4, 0.5) is 5.69 Å². The van der Waals surface area contributed by atoms with Crippen LogP contribution in [0.5, 0.6) is 0 Å². The zero-order chi connectivity index (χ0) is 27.2. The zero-order valence-electron chi connectivity index (χ0n) is 21.4. The molecule has 0 bridgehead atoms. The van der Waals surface area contributed by atoms with Crippen molar-refractivity contribution in [2.24, 2.45) is 0 Å². The molecule has 7 nitrogen and oxygen atoms in total. The minimum atomic E-state index is -4.08. The van der Waals surface area contributed by atoms with E-state index >= 15 is 0 Å². The lowest BCUT2D eigenvalue weighted by Crippen LogP contribution is -2.51. The van der Waals surface area contributed by atoms with Crippen LogP contribution in [0.25, 0.3) is 0 Å². The second-order valence-electron chi connectivity index (χ2n) is 8.83. The number of carbonyl (C=O) groups excluding carboxylic acids is 2. The van der Waals surface area contributed by atoms with Gasteiger partial charge in [0.2, 0.25) is 11.8 Å². The molecule has 0 aromatic heterocycles. The van der Waals surface area contributed by atoms with Gasteiger partial charge in [-0.2, -0.15) is 0 Å². The minimum Gasteiger partial charge on any atom is -0.355 e. The quantitative estimate of drug-likeness (QED) is 0.403. The summed E-state index contributed by atoms with van der Waals surface area (Å²) in [6.07, 6.45) is 0. The summed E-state index contributed by atoms with van der Waals surface area (Å²) in [5, 5.41) is 3.30. The van der Waals surface area contributed by atoms with Crippen molar-refractivity contribution in [3.05, 3.63) is 94.5 Å². The van der Waals surface area contributed by atoms with Crippen molar-refractivity contribution < 1.29 is 18.0 Å². The smallest absolute Gasteiger partial charge is 0.264 e. The standard InChI is InChI=1S/C28H32ClN3O4S/c1-5-30-28(34)22(4)31(18-23-12-14-24(29)15-13-23)27(33)19-32(26-16-11-20(2)17-21(26)3)37(35,36)25-9-7-6-8-10-25/h6-17,22H,5,18-19H2,1-4H3,(H,30,34)/t22-/m1/s1. The number of anilines is 1. The van der Waals surface area contributed by atoms with E-state index in [-0.39, 0.29) is 17.3 Å². The van der Waals surface area contributed by atoms with Crippen molar-refractivity contribution in [2.45, 2.75) is 45.2 Å². The predicted molar refractivity (Wildman–Crippen MR) is 147 cm³/mol.